The van der Waals surface area contributed by atoms with Gasteiger partial charge >= 0.3 is 31.6 Å². The Balaban J connectivity index is -0.000000427. The van der Waals surface area contributed by atoms with Crippen molar-refractivity contribution in [2.24, 2.45) is 0 Å². The lowest BCUT2D eigenvalue weighted by atomic mass is 10.0. The summed E-state index contributed by atoms with van der Waals surface area (Å²) in [5, 5.41) is 3.49. The fourth-order valence-corrected chi connectivity index (χ4v) is 2.59. The summed E-state index contributed by atoms with van der Waals surface area (Å²) in [6.07, 6.45) is 0. The summed E-state index contributed by atoms with van der Waals surface area (Å²) in [6.45, 7) is 9.73. The molecule has 216 valence electrons. The summed E-state index contributed by atoms with van der Waals surface area (Å²) in [5.41, 5.74) is 0. The zero-order valence-electron chi connectivity index (χ0n) is 18.4. The number of ether oxygens (including phenoxy) is 1. The van der Waals surface area contributed by atoms with Crippen LogP contribution in [0.3, 0.4) is 0 Å². The Labute approximate surface area is 198 Å². The first-order valence-electron chi connectivity index (χ1n) is 9.02. The Hall–Kier alpha value is 0.160. The van der Waals surface area contributed by atoms with Crippen LogP contribution in [0.2, 0.25) is 0 Å². The fraction of sp³-hybridized carbons (Fsp3) is 1.00. The van der Waals surface area contributed by atoms with Gasteiger partial charge in [0, 0.05) is 44.8 Å². The number of hydrogen-bond donors (Lipinski definition) is 9. The molecule has 0 aromatic heterocycles. The van der Waals surface area contributed by atoms with Gasteiger partial charge in [-0.05, 0) is 14.0 Å². The van der Waals surface area contributed by atoms with Gasteiger partial charge in [0.1, 0.15) is 0 Å². The zero-order valence-corrected chi connectivity index (χ0v) is 22.0. The van der Waals surface area contributed by atoms with Gasteiger partial charge in [0.25, 0.3) is 0 Å². The molecule has 0 amide bonds. The normalized spacial score (nSPS) is 20.8. The van der Waals surface area contributed by atoms with Crippen molar-refractivity contribution in [1.82, 2.24) is 15.1 Å². The maximum absolute atomic E-state index is 10.4. The second-order valence-electron chi connectivity index (χ2n) is 6.53. The molecule has 0 aliphatic carbocycles. The third-order valence-corrected chi connectivity index (χ3v) is 3.74. The van der Waals surface area contributed by atoms with Crippen molar-refractivity contribution in [3.63, 3.8) is 0 Å². The standard InChI is InChI=1S/C11H23N3O.4FH2O3P/c1-10(14-5-7-15-8-6-14)11-9-12-3-4-13(11)2;4*1-5(2,3)4/h10-12H,3-9H2,1-2H3;4*(H2,2,3,4). The number of hydrogen-bond acceptors (Lipinski definition) is 8. The summed E-state index contributed by atoms with van der Waals surface area (Å²) in [6, 6.07) is 1.28. The van der Waals surface area contributed by atoms with Gasteiger partial charge in [0.2, 0.25) is 0 Å². The third kappa shape index (κ3) is 47.9. The second kappa shape index (κ2) is 18.4. The minimum atomic E-state index is -5.14. The van der Waals surface area contributed by atoms with Gasteiger partial charge < -0.3 is 10.1 Å². The van der Waals surface area contributed by atoms with Crippen LogP contribution in [-0.4, -0.2) is 114 Å². The smallest absolute Gasteiger partial charge is 0.379 e. The maximum Gasteiger partial charge on any atom is 0.507 e. The van der Waals surface area contributed by atoms with E-state index < -0.39 is 31.6 Å². The molecule has 2 unspecified atom stereocenters. The van der Waals surface area contributed by atoms with Gasteiger partial charge in [-0.1, -0.05) is 0 Å². The van der Waals surface area contributed by atoms with E-state index in [0.717, 1.165) is 39.4 Å². The van der Waals surface area contributed by atoms with Crippen molar-refractivity contribution in [2.45, 2.75) is 19.0 Å². The number of likely N-dealkylation sites (N-methyl/N-ethyl adjacent to an activating group) is 1. The molecule has 2 fully saturated rings. The zero-order chi connectivity index (χ0) is 28.7. The summed E-state index contributed by atoms with van der Waals surface area (Å²) in [5.74, 6) is 0. The molecule has 0 saturated carbocycles. The van der Waals surface area contributed by atoms with E-state index in [-0.39, 0.29) is 0 Å². The SMILES string of the molecule is CC(C1CNCCN1C)N1CCOCC1.O=P(O)(O)F.O=P(O)(O)F.O=P(O)(O)F.O=P(O)(O)F. The van der Waals surface area contributed by atoms with Crippen LogP contribution in [0.4, 0.5) is 16.8 Å². The van der Waals surface area contributed by atoms with E-state index >= 15 is 0 Å². The van der Waals surface area contributed by atoms with E-state index in [1.54, 1.807) is 0 Å². The Morgan fingerprint density at radius 3 is 1.37 bits per heavy atom. The van der Waals surface area contributed by atoms with Crippen molar-refractivity contribution in [2.75, 3.05) is 53.0 Å². The number of nitrogens with zero attached hydrogens (tertiary/aromatic N) is 2. The largest absolute Gasteiger partial charge is 0.507 e. The van der Waals surface area contributed by atoms with Crippen LogP contribution in [0.25, 0.3) is 0 Å². The minimum Gasteiger partial charge on any atom is -0.379 e. The number of piperazine rings is 1. The topological polar surface area (TPSA) is 258 Å². The fourth-order valence-electron chi connectivity index (χ4n) is 2.59. The third-order valence-electron chi connectivity index (χ3n) is 3.74. The monoisotopic (exact) mass is 613 g/mol. The van der Waals surface area contributed by atoms with Crippen LogP contribution in [0, 0.1) is 0 Å². The molecule has 2 aliphatic heterocycles. The van der Waals surface area contributed by atoms with E-state index in [4.69, 9.17) is 62.1 Å². The highest BCUT2D eigenvalue weighted by atomic mass is 31.2. The van der Waals surface area contributed by atoms with E-state index in [0.29, 0.717) is 12.1 Å². The molecular formula is C11H31F4N3O13P4. The summed E-state index contributed by atoms with van der Waals surface area (Å²) in [7, 11) is -18.3. The summed E-state index contributed by atoms with van der Waals surface area (Å²) < 4.78 is 81.4. The van der Waals surface area contributed by atoms with Crippen LogP contribution in [0.15, 0.2) is 0 Å². The van der Waals surface area contributed by atoms with Gasteiger partial charge in [0.15, 0.2) is 0 Å². The molecule has 0 aromatic carbocycles. The van der Waals surface area contributed by atoms with Crippen molar-refractivity contribution in [3.8, 4) is 0 Å². The molecule has 2 atom stereocenters. The van der Waals surface area contributed by atoms with Gasteiger partial charge in [-0.15, -0.1) is 16.8 Å². The number of morpholine rings is 1. The molecule has 2 rings (SSSR count). The highest BCUT2D eigenvalue weighted by molar-refractivity contribution is 7.46. The van der Waals surface area contributed by atoms with Crippen LogP contribution < -0.4 is 5.32 Å². The predicted molar refractivity (Wildman–Crippen MR) is 114 cm³/mol. The van der Waals surface area contributed by atoms with Crippen molar-refractivity contribution < 1.29 is 78.9 Å². The highest BCUT2D eigenvalue weighted by Gasteiger charge is 2.29. The lowest BCUT2D eigenvalue weighted by Gasteiger charge is -2.43. The van der Waals surface area contributed by atoms with Gasteiger partial charge in [-0.2, -0.15) is 0 Å². The Morgan fingerprint density at radius 1 is 0.771 bits per heavy atom. The molecule has 0 aromatic rings. The first-order chi connectivity index (χ1) is 15.3. The van der Waals surface area contributed by atoms with E-state index in [9.17, 15) is 16.8 Å². The number of rotatable bonds is 2. The van der Waals surface area contributed by atoms with E-state index in [1.165, 1.54) is 6.54 Å². The first kappa shape index (κ1) is 39.7. The number of nitrogens with one attached hydrogen (secondary N) is 1. The van der Waals surface area contributed by atoms with E-state index in [1.807, 2.05) is 0 Å². The second-order valence-corrected chi connectivity index (χ2v) is 10.3. The van der Waals surface area contributed by atoms with Crippen molar-refractivity contribution in [1.29, 1.82) is 0 Å². The van der Waals surface area contributed by atoms with Crippen LogP contribution in [0.5, 0.6) is 0 Å². The summed E-state index contributed by atoms with van der Waals surface area (Å²) >= 11 is 0. The first-order valence-corrected chi connectivity index (χ1v) is 15.0. The van der Waals surface area contributed by atoms with Gasteiger partial charge in [-0.3, -0.25) is 48.9 Å². The van der Waals surface area contributed by atoms with E-state index in [2.05, 4.69) is 29.1 Å². The molecular weight excluding hydrogens is 582 g/mol. The van der Waals surface area contributed by atoms with Crippen molar-refractivity contribution >= 4 is 31.6 Å². The summed E-state index contributed by atoms with van der Waals surface area (Å²) in [4.78, 5) is 60.8. The Kier molecular flexibility index (Phi) is 20.9. The van der Waals surface area contributed by atoms with Gasteiger partial charge in [0.05, 0.1) is 13.2 Å². The molecule has 9 N–H and O–H groups in total. The van der Waals surface area contributed by atoms with Crippen LogP contribution >= 0.6 is 31.6 Å². The molecule has 0 spiro atoms. The Morgan fingerprint density at radius 2 is 1.09 bits per heavy atom. The lowest BCUT2D eigenvalue weighted by Crippen LogP contribution is -2.59. The molecule has 2 saturated heterocycles. The van der Waals surface area contributed by atoms with Crippen LogP contribution in [-0.2, 0) is 23.0 Å². The highest BCUT2D eigenvalue weighted by Crippen LogP contribution is 2.36. The van der Waals surface area contributed by atoms with Crippen molar-refractivity contribution in [3.05, 3.63) is 0 Å². The molecule has 0 bridgehead atoms. The van der Waals surface area contributed by atoms with Gasteiger partial charge in [-0.25, -0.2) is 18.3 Å². The lowest BCUT2D eigenvalue weighted by molar-refractivity contribution is -0.00414. The average Bonchev–Trinajstić information content (AvgIpc) is 2.56. The molecule has 0 radical (unpaired) electrons. The Bertz CT molecular complexity index is 629. The quantitative estimate of drug-likeness (QED) is 0.144. The number of halogens is 4. The predicted octanol–water partition coefficient (Wildman–Crippen LogP) is -0.195. The molecule has 2 aliphatic rings. The molecule has 2 heterocycles. The average molecular weight is 613 g/mol. The van der Waals surface area contributed by atoms with Crippen LogP contribution in [0.1, 0.15) is 6.92 Å². The molecule has 16 nitrogen and oxygen atoms in total. The minimum absolute atomic E-state index is 0.631. The maximum atomic E-state index is 10.4. The molecule has 35 heavy (non-hydrogen) atoms. The molecule has 24 heteroatoms.